The van der Waals surface area contributed by atoms with E-state index >= 15 is 0 Å². The summed E-state index contributed by atoms with van der Waals surface area (Å²) in [6.45, 7) is 3.95. The Balaban J connectivity index is 2.08. The smallest absolute Gasteiger partial charge is 0.165 e. The van der Waals surface area contributed by atoms with Crippen LogP contribution >= 0.6 is 0 Å². The van der Waals surface area contributed by atoms with Crippen LogP contribution in [-0.2, 0) is 0 Å². The number of nitrogen functional groups attached to an aromatic ring is 1. The summed E-state index contributed by atoms with van der Waals surface area (Å²) in [5.74, 6) is 3.13. The Morgan fingerprint density at radius 1 is 1.00 bits per heavy atom. The van der Waals surface area contributed by atoms with Crippen molar-refractivity contribution in [3.63, 3.8) is 0 Å². The molecule has 0 spiro atoms. The van der Waals surface area contributed by atoms with Crippen LogP contribution < -0.4 is 5.73 Å². The van der Waals surface area contributed by atoms with E-state index in [0.29, 0.717) is 11.5 Å². The second-order valence-electron chi connectivity index (χ2n) is 6.21. The quantitative estimate of drug-likeness (QED) is 0.566. The first-order valence-electron chi connectivity index (χ1n) is 8.23. The minimum Gasteiger partial charge on any atom is -0.384 e. The predicted molar refractivity (Wildman–Crippen MR) is 103 cm³/mol. The van der Waals surface area contributed by atoms with Crippen LogP contribution in [0.5, 0.6) is 0 Å². The Morgan fingerprint density at radius 2 is 1.77 bits per heavy atom. The number of nitrogens with zero attached hydrogens (tertiary/aromatic N) is 4. The molecule has 1 aromatic carbocycles. The molecule has 0 aliphatic heterocycles. The van der Waals surface area contributed by atoms with Crippen molar-refractivity contribution in [1.29, 1.82) is 0 Å². The third-order valence-electron chi connectivity index (χ3n) is 4.18. The van der Waals surface area contributed by atoms with Crippen LogP contribution in [-0.4, -0.2) is 19.6 Å². The second-order valence-corrected chi connectivity index (χ2v) is 6.21. The second kappa shape index (κ2) is 6.01. The van der Waals surface area contributed by atoms with Crippen LogP contribution in [0.15, 0.2) is 48.7 Å². The van der Waals surface area contributed by atoms with Crippen LogP contribution in [0, 0.1) is 26.2 Å². The molecule has 0 bridgehead atoms. The van der Waals surface area contributed by atoms with Gasteiger partial charge in [-0.15, -0.1) is 6.42 Å². The fraction of sp³-hybridized carbons (Fsp3) is 0.0952. The largest absolute Gasteiger partial charge is 0.384 e. The highest BCUT2D eigenvalue weighted by Gasteiger charge is 2.18. The monoisotopic (exact) mass is 339 g/mol. The van der Waals surface area contributed by atoms with Gasteiger partial charge in [0.1, 0.15) is 11.5 Å². The highest BCUT2D eigenvalue weighted by atomic mass is 15.3. The van der Waals surface area contributed by atoms with Crippen molar-refractivity contribution in [1.82, 2.24) is 19.6 Å². The molecule has 126 valence electrons. The van der Waals surface area contributed by atoms with Crippen molar-refractivity contribution in [3.8, 4) is 34.7 Å². The maximum Gasteiger partial charge on any atom is 0.165 e. The van der Waals surface area contributed by atoms with Crippen molar-refractivity contribution < 1.29 is 0 Å². The van der Waals surface area contributed by atoms with E-state index in [-0.39, 0.29) is 0 Å². The molecule has 0 unspecified atom stereocenters. The molecule has 5 nitrogen and oxygen atoms in total. The summed E-state index contributed by atoms with van der Waals surface area (Å²) in [7, 11) is 0. The first kappa shape index (κ1) is 15.9. The average Bonchev–Trinajstić information content (AvgIpc) is 2.99. The highest BCUT2D eigenvalue weighted by Crippen LogP contribution is 2.35. The number of benzene rings is 1. The third-order valence-corrected chi connectivity index (χ3v) is 4.18. The van der Waals surface area contributed by atoms with E-state index in [1.165, 1.54) is 0 Å². The van der Waals surface area contributed by atoms with Gasteiger partial charge >= 0.3 is 0 Å². The average molecular weight is 339 g/mol. The molecular formula is C21H17N5. The molecular weight excluding hydrogens is 322 g/mol. The zero-order chi connectivity index (χ0) is 18.3. The summed E-state index contributed by atoms with van der Waals surface area (Å²) in [5, 5.41) is 4.74. The number of nitrogens with two attached hydrogens (primary N) is 1. The van der Waals surface area contributed by atoms with Crippen molar-refractivity contribution >= 4 is 11.5 Å². The number of hydrogen-bond acceptors (Lipinski definition) is 4. The van der Waals surface area contributed by atoms with E-state index in [1.54, 1.807) is 10.6 Å². The van der Waals surface area contributed by atoms with Gasteiger partial charge in [0.2, 0.25) is 0 Å². The first-order valence-corrected chi connectivity index (χ1v) is 8.23. The minimum atomic E-state index is 0.449. The van der Waals surface area contributed by atoms with E-state index in [2.05, 4.69) is 15.9 Å². The molecule has 0 aliphatic rings. The number of aromatic nitrogens is 4. The molecule has 3 aromatic heterocycles. The lowest BCUT2D eigenvalue weighted by atomic mass is 9.99. The molecule has 0 saturated heterocycles. The number of fused-ring (bicyclic) bond motifs is 1. The Kier molecular flexibility index (Phi) is 3.67. The zero-order valence-corrected chi connectivity index (χ0v) is 14.6. The number of aryl methyl sites for hydroxylation is 2. The van der Waals surface area contributed by atoms with E-state index < -0.39 is 0 Å². The zero-order valence-electron chi connectivity index (χ0n) is 14.6. The summed E-state index contributed by atoms with van der Waals surface area (Å²) < 4.78 is 1.74. The minimum absolute atomic E-state index is 0.449. The van der Waals surface area contributed by atoms with Gasteiger partial charge in [-0.3, -0.25) is 4.98 Å². The molecule has 3 heterocycles. The molecule has 0 saturated carbocycles. The molecule has 26 heavy (non-hydrogen) atoms. The summed E-state index contributed by atoms with van der Waals surface area (Å²) in [6.07, 6.45) is 7.38. The molecule has 0 radical (unpaired) electrons. The fourth-order valence-electron chi connectivity index (χ4n) is 3.15. The summed E-state index contributed by atoms with van der Waals surface area (Å²) in [5.41, 5.74) is 13.0. The van der Waals surface area contributed by atoms with Gasteiger partial charge in [0, 0.05) is 28.7 Å². The van der Waals surface area contributed by atoms with Gasteiger partial charge in [-0.2, -0.15) is 5.10 Å². The standard InChI is InChI=1S/C21H17N5/c1-4-15-6-5-7-16(12-15)20-19(17-10-13(2)23-14(3)11-17)21-24-18(22)8-9-26(21)25-20/h1,5-12H,2-3H3,(H2,22,24). The maximum absolute atomic E-state index is 5.93. The summed E-state index contributed by atoms with van der Waals surface area (Å²) in [4.78, 5) is 8.99. The van der Waals surface area contributed by atoms with E-state index in [1.807, 2.05) is 56.4 Å². The number of rotatable bonds is 2. The van der Waals surface area contributed by atoms with Crippen LogP contribution in [0.3, 0.4) is 0 Å². The van der Waals surface area contributed by atoms with Crippen LogP contribution in [0.2, 0.25) is 0 Å². The molecule has 0 amide bonds. The predicted octanol–water partition coefficient (Wildman–Crippen LogP) is 3.64. The highest BCUT2D eigenvalue weighted by molar-refractivity contribution is 5.91. The van der Waals surface area contributed by atoms with E-state index in [4.69, 9.17) is 17.3 Å². The fourth-order valence-corrected chi connectivity index (χ4v) is 3.15. The van der Waals surface area contributed by atoms with Gasteiger partial charge in [0.15, 0.2) is 5.65 Å². The van der Waals surface area contributed by atoms with Gasteiger partial charge in [0.25, 0.3) is 0 Å². The van der Waals surface area contributed by atoms with Crippen molar-refractivity contribution in [2.24, 2.45) is 0 Å². The van der Waals surface area contributed by atoms with Crippen LogP contribution in [0.4, 0.5) is 5.82 Å². The van der Waals surface area contributed by atoms with Crippen LogP contribution in [0.25, 0.3) is 28.0 Å². The molecule has 4 aromatic rings. The lowest BCUT2D eigenvalue weighted by Crippen LogP contribution is -1.95. The first-order chi connectivity index (χ1) is 12.5. The Labute approximate surface area is 151 Å². The number of anilines is 1. The summed E-state index contributed by atoms with van der Waals surface area (Å²) >= 11 is 0. The molecule has 2 N–H and O–H groups in total. The van der Waals surface area contributed by atoms with Gasteiger partial charge < -0.3 is 5.73 Å². The summed E-state index contributed by atoms with van der Waals surface area (Å²) in [6, 6.07) is 13.6. The van der Waals surface area contributed by atoms with Crippen molar-refractivity contribution in [2.75, 3.05) is 5.73 Å². The lowest BCUT2D eigenvalue weighted by molar-refractivity contribution is 0.945. The molecule has 0 aliphatic carbocycles. The van der Waals surface area contributed by atoms with Crippen LogP contribution in [0.1, 0.15) is 17.0 Å². The Bertz CT molecular complexity index is 1160. The molecule has 4 rings (SSSR count). The topological polar surface area (TPSA) is 69.1 Å². The number of terminal acetylenes is 1. The number of hydrogen-bond donors (Lipinski definition) is 1. The molecule has 0 fully saturated rings. The Hall–Kier alpha value is -3.65. The SMILES string of the molecule is C#Cc1cccc(-c2nn3ccc(N)nc3c2-c2cc(C)nc(C)c2)c1. The van der Waals surface area contributed by atoms with Gasteiger partial charge in [-0.1, -0.05) is 18.1 Å². The van der Waals surface area contributed by atoms with E-state index in [0.717, 1.165) is 39.3 Å². The van der Waals surface area contributed by atoms with Crippen molar-refractivity contribution in [3.05, 3.63) is 65.6 Å². The van der Waals surface area contributed by atoms with Gasteiger partial charge in [-0.25, -0.2) is 9.50 Å². The van der Waals surface area contributed by atoms with Gasteiger partial charge in [0.05, 0.1) is 5.56 Å². The lowest BCUT2D eigenvalue weighted by Gasteiger charge is -2.06. The number of pyridine rings is 1. The maximum atomic E-state index is 5.93. The Morgan fingerprint density at radius 3 is 2.50 bits per heavy atom. The third kappa shape index (κ3) is 2.68. The van der Waals surface area contributed by atoms with E-state index in [9.17, 15) is 0 Å². The molecule has 0 atom stereocenters. The van der Waals surface area contributed by atoms with Gasteiger partial charge in [-0.05, 0) is 49.7 Å². The van der Waals surface area contributed by atoms with Crippen molar-refractivity contribution in [2.45, 2.75) is 13.8 Å². The normalized spacial score (nSPS) is 10.8. The molecule has 5 heteroatoms.